The lowest BCUT2D eigenvalue weighted by Gasteiger charge is -2.25. The predicted molar refractivity (Wildman–Crippen MR) is 169 cm³/mol. The number of aromatic nitrogens is 1. The molecule has 1 spiro atoms. The van der Waals surface area contributed by atoms with E-state index in [1.807, 2.05) is 30.3 Å². The number of hydrogen-bond donors (Lipinski definition) is 5. The van der Waals surface area contributed by atoms with E-state index in [0.29, 0.717) is 24.2 Å². The number of pyridine rings is 1. The van der Waals surface area contributed by atoms with E-state index in [-0.39, 0.29) is 42.5 Å². The summed E-state index contributed by atoms with van der Waals surface area (Å²) in [6.07, 6.45) is 3.91. The highest BCUT2D eigenvalue weighted by Crippen LogP contribution is 2.35. The van der Waals surface area contributed by atoms with Crippen LogP contribution in [0.3, 0.4) is 0 Å². The van der Waals surface area contributed by atoms with Crippen LogP contribution in [0.1, 0.15) is 41.3 Å². The normalized spacial score (nSPS) is 22.0. The Morgan fingerprint density at radius 1 is 0.978 bits per heavy atom. The first-order chi connectivity index (χ1) is 22.1. The molecular weight excluding hydrogens is 612 g/mol. The summed E-state index contributed by atoms with van der Waals surface area (Å²) in [6, 6.07) is 14.3. The van der Waals surface area contributed by atoms with Crippen LogP contribution >= 0.6 is 11.6 Å². The first-order valence-electron chi connectivity index (χ1n) is 15.0. The Morgan fingerprint density at radius 2 is 1.72 bits per heavy atom. The molecule has 2 bridgehead atoms. The fourth-order valence-corrected chi connectivity index (χ4v) is 5.26. The number of hydrogen-bond acceptors (Lipinski definition) is 7. The third-order valence-electron chi connectivity index (χ3n) is 7.87. The zero-order valence-corrected chi connectivity index (χ0v) is 25.9. The topological polar surface area (TPSA) is 168 Å². The highest BCUT2D eigenvalue weighted by atomic mass is 35.5. The largest absolute Gasteiger partial charge is 0.492 e. The molecule has 12 nitrogen and oxygen atoms in total. The number of nitrogens with one attached hydrogen (secondary N) is 5. The third-order valence-corrected chi connectivity index (χ3v) is 8.17. The lowest BCUT2D eigenvalue weighted by atomic mass is 10.0. The Kier molecular flexibility index (Phi) is 10.2. The molecule has 13 heteroatoms. The summed E-state index contributed by atoms with van der Waals surface area (Å²) in [7, 11) is 0. The quantitative estimate of drug-likeness (QED) is 0.268. The van der Waals surface area contributed by atoms with E-state index in [1.54, 1.807) is 24.3 Å². The fourth-order valence-electron chi connectivity index (χ4n) is 5.06. The van der Waals surface area contributed by atoms with Gasteiger partial charge in [-0.05, 0) is 49.1 Å². The maximum absolute atomic E-state index is 13.6. The lowest BCUT2D eigenvalue weighted by Crippen LogP contribution is -2.59. The monoisotopic (exact) mass is 646 g/mol. The number of carbonyl (C=O) groups excluding carboxylic acids is 5. The smallest absolute Gasteiger partial charge is 0.253 e. The first kappa shape index (κ1) is 32.4. The summed E-state index contributed by atoms with van der Waals surface area (Å²) in [5.41, 5.74) is 0.579. The molecule has 2 aliphatic heterocycles. The molecule has 3 heterocycles. The Hall–Kier alpha value is -4.97. The van der Waals surface area contributed by atoms with E-state index < -0.39 is 47.3 Å². The number of benzene rings is 2. The van der Waals surface area contributed by atoms with Gasteiger partial charge in [0, 0.05) is 25.2 Å². The van der Waals surface area contributed by atoms with Crippen molar-refractivity contribution < 1.29 is 28.7 Å². The summed E-state index contributed by atoms with van der Waals surface area (Å²) < 4.78 is 5.77. The number of halogens is 1. The van der Waals surface area contributed by atoms with Crippen LogP contribution in [-0.4, -0.2) is 71.3 Å². The minimum atomic E-state index is -1.09. The highest BCUT2D eigenvalue weighted by Gasteiger charge is 2.51. The Bertz CT molecular complexity index is 1600. The average molecular weight is 647 g/mol. The number of ether oxygens (including phenoxy) is 1. The van der Waals surface area contributed by atoms with Crippen LogP contribution in [0.5, 0.6) is 5.75 Å². The Balaban J connectivity index is 1.39. The van der Waals surface area contributed by atoms with E-state index in [4.69, 9.17) is 16.3 Å². The van der Waals surface area contributed by atoms with E-state index in [2.05, 4.69) is 31.6 Å². The van der Waals surface area contributed by atoms with Gasteiger partial charge in [-0.15, -0.1) is 0 Å². The van der Waals surface area contributed by atoms with Gasteiger partial charge in [0.1, 0.15) is 36.0 Å². The van der Waals surface area contributed by atoms with Crippen LogP contribution in [0.25, 0.3) is 0 Å². The van der Waals surface area contributed by atoms with E-state index in [9.17, 15) is 24.0 Å². The van der Waals surface area contributed by atoms with Crippen LogP contribution in [0.15, 0.2) is 73.1 Å². The molecule has 46 heavy (non-hydrogen) atoms. The molecule has 3 aliphatic rings. The zero-order chi connectivity index (χ0) is 32.7. The highest BCUT2D eigenvalue weighted by molar-refractivity contribution is 6.33. The van der Waals surface area contributed by atoms with Crippen molar-refractivity contribution in [3.63, 3.8) is 0 Å². The van der Waals surface area contributed by atoms with Crippen LogP contribution < -0.4 is 31.3 Å². The summed E-state index contributed by atoms with van der Waals surface area (Å²) in [4.78, 5) is 70.6. The van der Waals surface area contributed by atoms with Crippen molar-refractivity contribution in [3.05, 3.63) is 94.8 Å². The molecule has 1 fully saturated rings. The maximum atomic E-state index is 13.6. The molecule has 240 valence electrons. The first-order valence-corrected chi connectivity index (χ1v) is 15.4. The zero-order valence-electron chi connectivity index (χ0n) is 25.2. The van der Waals surface area contributed by atoms with E-state index in [0.717, 1.165) is 5.56 Å². The van der Waals surface area contributed by atoms with Gasteiger partial charge in [-0.25, -0.2) is 0 Å². The molecule has 0 radical (unpaired) electrons. The summed E-state index contributed by atoms with van der Waals surface area (Å²) in [5.74, 6) is -2.11. The van der Waals surface area contributed by atoms with Gasteiger partial charge >= 0.3 is 0 Å². The maximum Gasteiger partial charge on any atom is 0.253 e. The molecule has 0 unspecified atom stereocenters. The van der Waals surface area contributed by atoms with E-state index in [1.165, 1.54) is 25.4 Å². The van der Waals surface area contributed by atoms with Crippen molar-refractivity contribution in [1.82, 2.24) is 31.6 Å². The van der Waals surface area contributed by atoms with Crippen molar-refractivity contribution in [1.29, 1.82) is 0 Å². The van der Waals surface area contributed by atoms with Gasteiger partial charge in [0.25, 0.3) is 5.91 Å². The molecule has 3 atom stereocenters. The van der Waals surface area contributed by atoms with Crippen molar-refractivity contribution in [2.75, 3.05) is 13.2 Å². The van der Waals surface area contributed by atoms with Gasteiger partial charge in [0.15, 0.2) is 0 Å². The number of amides is 5. The van der Waals surface area contributed by atoms with Gasteiger partial charge in [-0.3, -0.25) is 29.0 Å². The molecule has 5 N–H and O–H groups in total. The second-order valence-electron chi connectivity index (χ2n) is 11.4. The van der Waals surface area contributed by atoms with Crippen LogP contribution in [0.4, 0.5) is 0 Å². The molecule has 1 aliphatic carbocycles. The summed E-state index contributed by atoms with van der Waals surface area (Å²) in [6.45, 7) is 1.89. The minimum absolute atomic E-state index is 0.0894. The molecule has 0 saturated heterocycles. The van der Waals surface area contributed by atoms with Gasteiger partial charge in [-0.2, -0.15) is 0 Å². The van der Waals surface area contributed by atoms with Gasteiger partial charge < -0.3 is 31.3 Å². The number of carbonyl (C=O) groups is 5. The number of fused-ring (bicyclic) bond motifs is 15. The minimum Gasteiger partial charge on any atom is -0.492 e. The van der Waals surface area contributed by atoms with Crippen molar-refractivity contribution >= 4 is 41.1 Å². The van der Waals surface area contributed by atoms with Crippen LogP contribution in [0.2, 0.25) is 5.02 Å². The summed E-state index contributed by atoms with van der Waals surface area (Å²) >= 11 is 6.17. The Morgan fingerprint density at radius 3 is 2.41 bits per heavy atom. The predicted octanol–water partition coefficient (Wildman–Crippen LogP) is 1.47. The second kappa shape index (κ2) is 14.4. The molecule has 2 aromatic carbocycles. The van der Waals surface area contributed by atoms with Crippen molar-refractivity contribution in [3.8, 4) is 5.75 Å². The molecular formula is C33H35ClN6O6. The van der Waals surface area contributed by atoms with Crippen molar-refractivity contribution in [2.24, 2.45) is 0 Å². The van der Waals surface area contributed by atoms with Crippen molar-refractivity contribution in [2.45, 2.75) is 56.3 Å². The third kappa shape index (κ3) is 8.19. The van der Waals surface area contributed by atoms with Gasteiger partial charge in [-0.1, -0.05) is 54.1 Å². The van der Waals surface area contributed by atoms with Crippen LogP contribution in [-0.2, 0) is 32.0 Å². The number of nitrogens with zero attached hydrogens (tertiary/aromatic N) is 1. The standard InChI is InChI=1S/C33H35ClN6O6/c1-20-28(41)38-27(17-21-5-3-2-4-6-21)31(44)40-33(12-13-33)32(45)36-15-16-46-23-9-7-22(8-10-23)18-26(30(43)37-20)39-29(42)24-11-14-35-19-25(24)34/h2-11,14,19-20,26-27H,12-13,15-18H2,1H3,(H,36,45)(H,37,43)(H,38,41)(H,39,42)(H,40,44)/t20-,26-,27+/m0/s1. The molecule has 5 amide bonds. The molecule has 1 aromatic heterocycles. The van der Waals surface area contributed by atoms with E-state index >= 15 is 0 Å². The summed E-state index contributed by atoms with van der Waals surface area (Å²) in [5, 5.41) is 13.9. The SMILES string of the molecule is C[C@@H]1NC(=O)[C@@H](NC(=O)c2ccncc2Cl)Cc2ccc(cc2)OCCNC(=O)C2(CC2)NC(=O)[C@@H](Cc2ccccc2)NC1=O. The van der Waals surface area contributed by atoms with Crippen LogP contribution in [0, 0.1) is 0 Å². The van der Waals surface area contributed by atoms with Gasteiger partial charge in [0.2, 0.25) is 23.6 Å². The molecule has 6 rings (SSSR count). The second-order valence-corrected chi connectivity index (χ2v) is 11.8. The fraction of sp³-hybridized carbons (Fsp3) is 0.333. The number of rotatable bonds is 4. The molecule has 3 aromatic rings. The lowest BCUT2D eigenvalue weighted by molar-refractivity contribution is -0.134. The average Bonchev–Trinajstić information content (AvgIpc) is 3.83. The van der Waals surface area contributed by atoms with Gasteiger partial charge in [0.05, 0.1) is 17.1 Å². The Labute approximate surface area is 271 Å². The molecule has 1 saturated carbocycles.